The second-order valence-electron chi connectivity index (χ2n) is 10.2. The quantitative estimate of drug-likeness (QED) is 0.242. The van der Waals surface area contributed by atoms with Gasteiger partial charge in [0.15, 0.2) is 5.11 Å². The highest BCUT2D eigenvalue weighted by atomic mass is 32.1. The molecule has 0 bridgehead atoms. The summed E-state index contributed by atoms with van der Waals surface area (Å²) in [6.45, 7) is 4.84. The van der Waals surface area contributed by atoms with E-state index in [1.54, 1.807) is 49.5 Å². The molecule has 0 saturated heterocycles. The Balaban J connectivity index is 1.71. The van der Waals surface area contributed by atoms with Crippen molar-refractivity contribution in [2.45, 2.75) is 45.1 Å². The fourth-order valence-electron chi connectivity index (χ4n) is 4.33. The van der Waals surface area contributed by atoms with Gasteiger partial charge in [-0.05, 0) is 55.4 Å². The van der Waals surface area contributed by atoms with Crippen LogP contribution in [0.1, 0.15) is 41.8 Å². The lowest BCUT2D eigenvalue weighted by Gasteiger charge is -2.35. The smallest absolute Gasteiger partial charge is 0.383 e. The van der Waals surface area contributed by atoms with Gasteiger partial charge in [-0.15, -0.1) is 0 Å². The molecule has 3 aromatic rings. The van der Waals surface area contributed by atoms with Crippen molar-refractivity contribution >= 4 is 23.2 Å². The molecule has 1 amide bonds. The van der Waals surface area contributed by atoms with Crippen molar-refractivity contribution in [2.24, 2.45) is 0 Å². The summed E-state index contributed by atoms with van der Waals surface area (Å²) in [6, 6.07) is 14.6. The molecular formula is C29H33F3N6O2S. The van der Waals surface area contributed by atoms with Crippen LogP contribution >= 0.6 is 12.2 Å². The summed E-state index contributed by atoms with van der Waals surface area (Å²) in [4.78, 5) is 18.9. The number of hydrogen-bond acceptors (Lipinski definition) is 5. The van der Waals surface area contributed by atoms with Gasteiger partial charge in [-0.25, -0.2) is 4.98 Å². The monoisotopic (exact) mass is 586 g/mol. The number of benzene rings is 2. The van der Waals surface area contributed by atoms with Crippen LogP contribution in [-0.2, 0) is 35.2 Å². The van der Waals surface area contributed by atoms with Crippen LogP contribution < -0.4 is 10.6 Å². The Kier molecular flexibility index (Phi) is 10.9. The van der Waals surface area contributed by atoms with Crippen molar-refractivity contribution in [3.05, 3.63) is 89.0 Å². The molecule has 12 heteroatoms. The molecule has 3 rings (SSSR count). The van der Waals surface area contributed by atoms with Crippen molar-refractivity contribution < 1.29 is 22.7 Å². The van der Waals surface area contributed by atoms with Gasteiger partial charge < -0.3 is 24.8 Å². The molecule has 0 aliphatic carbocycles. The van der Waals surface area contributed by atoms with E-state index in [4.69, 9.17) is 22.2 Å². The Bertz CT molecular complexity index is 1370. The Labute approximate surface area is 243 Å². The van der Waals surface area contributed by atoms with E-state index in [0.717, 1.165) is 11.6 Å². The number of aromatic nitrogens is 2. The van der Waals surface area contributed by atoms with Crippen molar-refractivity contribution in [1.82, 2.24) is 25.1 Å². The highest BCUT2D eigenvalue weighted by molar-refractivity contribution is 7.80. The third-order valence-corrected chi connectivity index (χ3v) is 6.60. The maximum atomic E-state index is 13.7. The molecule has 2 N–H and O–H groups in total. The maximum Gasteiger partial charge on any atom is 0.416 e. The van der Waals surface area contributed by atoms with Gasteiger partial charge in [0.05, 0.1) is 42.1 Å². The van der Waals surface area contributed by atoms with Crippen LogP contribution in [0.2, 0.25) is 0 Å². The molecule has 0 atom stereocenters. The van der Waals surface area contributed by atoms with Gasteiger partial charge in [-0.3, -0.25) is 4.79 Å². The zero-order chi connectivity index (χ0) is 30.0. The molecule has 0 unspecified atom stereocenters. The number of carbonyl (C=O) groups is 1. The number of methoxy groups -OCH3 is 1. The van der Waals surface area contributed by atoms with Gasteiger partial charge in [-0.1, -0.05) is 30.3 Å². The van der Waals surface area contributed by atoms with Gasteiger partial charge in [0.2, 0.25) is 5.91 Å². The zero-order valence-corrected chi connectivity index (χ0v) is 24.0. The summed E-state index contributed by atoms with van der Waals surface area (Å²) in [5.41, 5.74) is 0.691. The third kappa shape index (κ3) is 9.58. The van der Waals surface area contributed by atoms with E-state index in [9.17, 15) is 18.0 Å². The number of ether oxygens (including phenoxy) is 1. The number of alkyl halides is 3. The molecule has 0 aliphatic heterocycles. The molecule has 8 nitrogen and oxygen atoms in total. The minimum atomic E-state index is -4.52. The maximum absolute atomic E-state index is 13.7. The number of thiocarbonyl (C=S) groups is 1. The molecule has 0 saturated carbocycles. The van der Waals surface area contributed by atoms with Gasteiger partial charge in [0, 0.05) is 45.2 Å². The summed E-state index contributed by atoms with van der Waals surface area (Å²) in [7, 11) is 1.54. The van der Waals surface area contributed by atoms with Crippen molar-refractivity contribution in [2.75, 3.05) is 26.8 Å². The SMILES string of the molecule is COCCNC(=S)N(Cc1ccccc1C(F)(F)F)CC(C)(C)NC(=O)Cc1cncn1Cc1ccc(C#N)cc1. The van der Waals surface area contributed by atoms with Crippen LogP contribution in [0.4, 0.5) is 13.2 Å². The lowest BCUT2D eigenvalue weighted by Crippen LogP contribution is -2.54. The van der Waals surface area contributed by atoms with Crippen molar-refractivity contribution in [3.63, 3.8) is 0 Å². The number of imidazole rings is 1. The zero-order valence-electron chi connectivity index (χ0n) is 23.2. The molecule has 41 heavy (non-hydrogen) atoms. The standard InChI is InChI=1S/C29H33F3N6O2S/c1-28(2,36-26(39)14-24-16-34-20-38(24)17-22-10-8-21(15-33)9-11-22)19-37(27(41)35-12-13-40-3)18-23-6-4-5-7-25(23)29(30,31)32/h4-11,16,20H,12-14,17-19H2,1-3H3,(H,35,41)(H,36,39). The molecule has 1 aromatic heterocycles. The van der Waals surface area contributed by atoms with Crippen LogP contribution in [-0.4, -0.2) is 57.8 Å². The largest absolute Gasteiger partial charge is 0.416 e. The van der Waals surface area contributed by atoms with E-state index in [-0.39, 0.29) is 36.1 Å². The molecule has 218 valence electrons. The normalized spacial score (nSPS) is 11.5. The summed E-state index contributed by atoms with van der Waals surface area (Å²) in [5.74, 6) is -0.273. The summed E-state index contributed by atoms with van der Waals surface area (Å²) in [6.07, 6.45) is -1.22. The van der Waals surface area contributed by atoms with Gasteiger partial charge in [-0.2, -0.15) is 18.4 Å². The Morgan fingerprint density at radius 3 is 2.54 bits per heavy atom. The number of amides is 1. The molecule has 0 radical (unpaired) electrons. The number of nitriles is 1. The number of rotatable bonds is 12. The van der Waals surface area contributed by atoms with Gasteiger partial charge in [0.1, 0.15) is 0 Å². The second kappa shape index (κ2) is 14.1. The highest BCUT2D eigenvalue weighted by Gasteiger charge is 2.34. The fraction of sp³-hybridized carbons (Fsp3) is 0.379. The number of halogens is 3. The van der Waals surface area contributed by atoms with E-state index in [1.165, 1.54) is 19.2 Å². The lowest BCUT2D eigenvalue weighted by molar-refractivity contribution is -0.138. The van der Waals surface area contributed by atoms with Crippen LogP contribution in [0.5, 0.6) is 0 Å². The van der Waals surface area contributed by atoms with E-state index < -0.39 is 17.3 Å². The summed E-state index contributed by atoms with van der Waals surface area (Å²) in [5, 5.41) is 15.3. The molecule has 0 spiro atoms. The first kappa shape index (κ1) is 31.6. The lowest BCUT2D eigenvalue weighted by atomic mass is 10.0. The molecule has 1 heterocycles. The third-order valence-electron chi connectivity index (χ3n) is 6.19. The fourth-order valence-corrected chi connectivity index (χ4v) is 4.56. The van der Waals surface area contributed by atoms with Gasteiger partial charge >= 0.3 is 6.18 Å². The van der Waals surface area contributed by atoms with E-state index in [2.05, 4.69) is 21.7 Å². The van der Waals surface area contributed by atoms with Crippen molar-refractivity contribution in [1.29, 1.82) is 5.26 Å². The number of nitrogens with one attached hydrogen (secondary N) is 2. The predicted molar refractivity (Wildman–Crippen MR) is 153 cm³/mol. The second-order valence-corrected chi connectivity index (χ2v) is 10.6. The number of carbonyl (C=O) groups excluding carboxylic acids is 1. The van der Waals surface area contributed by atoms with Gasteiger partial charge in [0.25, 0.3) is 0 Å². The van der Waals surface area contributed by atoms with E-state index in [0.29, 0.717) is 31.0 Å². The molecular weight excluding hydrogens is 553 g/mol. The predicted octanol–water partition coefficient (Wildman–Crippen LogP) is 4.28. The molecule has 0 fully saturated rings. The van der Waals surface area contributed by atoms with Crippen LogP contribution in [0, 0.1) is 11.3 Å². The minimum absolute atomic E-state index is 0.0488. The Morgan fingerprint density at radius 1 is 1.17 bits per heavy atom. The number of hydrogen-bond donors (Lipinski definition) is 2. The van der Waals surface area contributed by atoms with Crippen LogP contribution in [0.25, 0.3) is 0 Å². The highest BCUT2D eigenvalue weighted by Crippen LogP contribution is 2.32. The first-order valence-corrected chi connectivity index (χ1v) is 13.3. The van der Waals surface area contributed by atoms with Crippen LogP contribution in [0.3, 0.4) is 0 Å². The topological polar surface area (TPSA) is 95.2 Å². The van der Waals surface area contributed by atoms with E-state index in [1.807, 2.05) is 16.7 Å². The molecule has 0 aliphatic rings. The van der Waals surface area contributed by atoms with Crippen LogP contribution in [0.15, 0.2) is 61.1 Å². The first-order chi connectivity index (χ1) is 19.4. The average Bonchev–Trinajstić information content (AvgIpc) is 3.34. The number of nitrogens with zero attached hydrogens (tertiary/aromatic N) is 4. The molecule has 2 aromatic carbocycles. The Hall–Kier alpha value is -3.95. The Morgan fingerprint density at radius 2 is 1.88 bits per heavy atom. The summed E-state index contributed by atoms with van der Waals surface area (Å²) < 4.78 is 47.9. The van der Waals surface area contributed by atoms with E-state index >= 15 is 0 Å². The minimum Gasteiger partial charge on any atom is -0.383 e. The first-order valence-electron chi connectivity index (χ1n) is 12.9. The summed E-state index contributed by atoms with van der Waals surface area (Å²) >= 11 is 5.53. The average molecular weight is 587 g/mol. The van der Waals surface area contributed by atoms with Crippen molar-refractivity contribution in [3.8, 4) is 6.07 Å².